The lowest BCUT2D eigenvalue weighted by atomic mass is 10.0. The van der Waals surface area contributed by atoms with Crippen molar-refractivity contribution in [3.8, 4) is 0 Å². The van der Waals surface area contributed by atoms with E-state index in [1.54, 1.807) is 0 Å². The van der Waals surface area contributed by atoms with Gasteiger partial charge in [-0.1, -0.05) is 267 Å². The lowest BCUT2D eigenvalue weighted by molar-refractivity contribution is -0.161. The van der Waals surface area contributed by atoms with Crippen molar-refractivity contribution in [1.29, 1.82) is 0 Å². The Kier molecular flexibility index (Phi) is 54.8. The quantitative estimate of drug-likeness (QED) is 0.0222. The Balaban J connectivity index is 5.22. The molecule has 0 aliphatic rings. The van der Waals surface area contributed by atoms with E-state index >= 15 is 0 Å². The van der Waals surface area contributed by atoms with Gasteiger partial charge in [0.05, 0.1) is 26.4 Å². The zero-order chi connectivity index (χ0) is 63.2. The standard InChI is InChI=1S/C66H128O17P2/c1-56(2)42-34-26-18-14-12-10-9-11-13-15-20-32-40-48-65(70)82-61(52-76-63(68)46-38-30-24-22-28-36-44-58(5)6)54-80-84(72,73)78-50-60(67)51-79-85(74,75)81-55-62(53-77-64(69)47-39-31-25-23-29-37-45-59(7)8)83-66(71)49-41-33-21-17-16-19-27-35-43-57(3)4/h56-62,67H,9-55H2,1-8H3,(H,72,73)(H,74,75)/t60-,61-,62-/m1/s1. The molecule has 17 nitrogen and oxygen atoms in total. The topological polar surface area (TPSA) is 237 Å². The zero-order valence-corrected chi connectivity index (χ0v) is 57.0. The second kappa shape index (κ2) is 56.1. The van der Waals surface area contributed by atoms with Crippen LogP contribution in [0.1, 0.15) is 319 Å². The number of phosphoric ester groups is 2. The summed E-state index contributed by atoms with van der Waals surface area (Å²) in [6.07, 6.45) is 36.6. The molecule has 0 aliphatic carbocycles. The number of hydrogen-bond donors (Lipinski definition) is 3. The molecule has 3 N–H and O–H groups in total. The molecular weight excluding hydrogens is 1130 g/mol. The predicted molar refractivity (Wildman–Crippen MR) is 340 cm³/mol. The van der Waals surface area contributed by atoms with Crippen LogP contribution in [0.2, 0.25) is 0 Å². The van der Waals surface area contributed by atoms with Gasteiger partial charge < -0.3 is 33.8 Å². The molecule has 2 unspecified atom stereocenters. The molecule has 19 heteroatoms. The van der Waals surface area contributed by atoms with Crippen LogP contribution in [0.15, 0.2) is 0 Å². The molecule has 0 radical (unpaired) electrons. The van der Waals surface area contributed by atoms with Crippen molar-refractivity contribution in [2.24, 2.45) is 23.7 Å². The normalized spacial score (nSPS) is 14.4. The molecule has 0 saturated carbocycles. The summed E-state index contributed by atoms with van der Waals surface area (Å²) >= 11 is 0. The summed E-state index contributed by atoms with van der Waals surface area (Å²) in [5.41, 5.74) is 0. The highest BCUT2D eigenvalue weighted by atomic mass is 31.2. The summed E-state index contributed by atoms with van der Waals surface area (Å²) < 4.78 is 68.0. The Morgan fingerprint density at radius 1 is 0.294 bits per heavy atom. The zero-order valence-electron chi connectivity index (χ0n) is 55.2. The Hall–Kier alpha value is -1.94. The van der Waals surface area contributed by atoms with Gasteiger partial charge in [-0.2, -0.15) is 0 Å². The van der Waals surface area contributed by atoms with E-state index in [9.17, 15) is 43.2 Å². The average Bonchev–Trinajstić information content (AvgIpc) is 3.62. The maximum atomic E-state index is 13.0. The van der Waals surface area contributed by atoms with E-state index in [1.807, 2.05) is 0 Å². The van der Waals surface area contributed by atoms with Crippen LogP contribution >= 0.6 is 15.6 Å². The number of aliphatic hydroxyl groups is 1. The number of carbonyl (C=O) groups is 4. The van der Waals surface area contributed by atoms with Gasteiger partial charge in [0, 0.05) is 25.7 Å². The van der Waals surface area contributed by atoms with Crippen molar-refractivity contribution in [1.82, 2.24) is 0 Å². The molecule has 0 aliphatic heterocycles. The van der Waals surface area contributed by atoms with Crippen molar-refractivity contribution in [3.05, 3.63) is 0 Å². The Bertz CT molecular complexity index is 1700. The van der Waals surface area contributed by atoms with Gasteiger partial charge in [-0.3, -0.25) is 37.3 Å². The minimum Gasteiger partial charge on any atom is -0.462 e. The summed E-state index contributed by atoms with van der Waals surface area (Å²) in [6, 6.07) is 0. The minimum absolute atomic E-state index is 0.103. The predicted octanol–water partition coefficient (Wildman–Crippen LogP) is 18.1. The van der Waals surface area contributed by atoms with Crippen molar-refractivity contribution < 1.29 is 80.2 Å². The maximum absolute atomic E-state index is 13.0. The van der Waals surface area contributed by atoms with Crippen molar-refractivity contribution in [3.63, 3.8) is 0 Å². The largest absolute Gasteiger partial charge is 0.472 e. The molecule has 0 aromatic rings. The number of esters is 4. The number of carbonyl (C=O) groups excluding carboxylic acids is 4. The van der Waals surface area contributed by atoms with Crippen LogP contribution in [-0.4, -0.2) is 96.7 Å². The summed E-state index contributed by atoms with van der Waals surface area (Å²) in [7, 11) is -9.89. The van der Waals surface area contributed by atoms with E-state index in [0.717, 1.165) is 115 Å². The third kappa shape index (κ3) is 60.7. The van der Waals surface area contributed by atoms with Crippen molar-refractivity contribution in [2.75, 3.05) is 39.6 Å². The van der Waals surface area contributed by atoms with E-state index < -0.39 is 97.5 Å². The molecule has 0 fully saturated rings. The first-order valence-electron chi connectivity index (χ1n) is 34.2. The Morgan fingerprint density at radius 2 is 0.494 bits per heavy atom. The van der Waals surface area contributed by atoms with Crippen LogP contribution in [0.3, 0.4) is 0 Å². The van der Waals surface area contributed by atoms with Crippen LogP contribution in [0.25, 0.3) is 0 Å². The summed E-state index contributed by atoms with van der Waals surface area (Å²) in [5.74, 6) is 0.724. The van der Waals surface area contributed by atoms with Gasteiger partial charge >= 0.3 is 39.5 Å². The summed E-state index contributed by atoms with van der Waals surface area (Å²) in [5, 5.41) is 10.5. The van der Waals surface area contributed by atoms with Gasteiger partial charge in [0.2, 0.25) is 0 Å². The minimum atomic E-state index is -4.95. The smallest absolute Gasteiger partial charge is 0.462 e. The van der Waals surface area contributed by atoms with E-state index in [1.165, 1.54) is 109 Å². The average molecular weight is 1260 g/mol. The molecule has 85 heavy (non-hydrogen) atoms. The molecule has 504 valence electrons. The number of phosphoric acid groups is 2. The molecule has 0 aromatic heterocycles. The first kappa shape index (κ1) is 83.1. The Labute approximate surface area is 517 Å². The summed E-state index contributed by atoms with van der Waals surface area (Å²) in [4.78, 5) is 72.2. The highest BCUT2D eigenvalue weighted by Crippen LogP contribution is 2.45. The third-order valence-electron chi connectivity index (χ3n) is 15.1. The summed E-state index contributed by atoms with van der Waals surface area (Å²) in [6.45, 7) is 13.9. The number of hydrogen-bond acceptors (Lipinski definition) is 15. The lowest BCUT2D eigenvalue weighted by Gasteiger charge is -2.21. The number of aliphatic hydroxyl groups excluding tert-OH is 1. The van der Waals surface area contributed by atoms with Gasteiger partial charge in [0.25, 0.3) is 0 Å². The second-order valence-corrected chi connectivity index (χ2v) is 28.7. The van der Waals surface area contributed by atoms with Gasteiger partial charge in [-0.15, -0.1) is 0 Å². The monoisotopic (exact) mass is 1250 g/mol. The van der Waals surface area contributed by atoms with Crippen molar-refractivity contribution in [2.45, 2.75) is 337 Å². The van der Waals surface area contributed by atoms with Gasteiger partial charge in [0.1, 0.15) is 19.3 Å². The molecule has 0 spiro atoms. The molecule has 0 bridgehead atoms. The number of rotatable bonds is 63. The van der Waals surface area contributed by atoms with Gasteiger partial charge in [-0.25, -0.2) is 9.13 Å². The SMILES string of the molecule is CC(C)CCCCCCCCCCCCCCCC(=O)O[C@H](COC(=O)CCCCCCCCC(C)C)COP(=O)(O)OC[C@@H](O)COP(=O)(O)OC[C@@H](COC(=O)CCCCCCCCC(C)C)OC(=O)CCCCCCCCCCC(C)C. The molecule has 0 amide bonds. The fraction of sp³-hybridized carbons (Fsp3) is 0.939. The fourth-order valence-electron chi connectivity index (χ4n) is 9.78. The molecular formula is C66H128O17P2. The van der Waals surface area contributed by atoms with Crippen LogP contribution in [0.5, 0.6) is 0 Å². The molecule has 0 aromatic carbocycles. The molecule has 0 rings (SSSR count). The second-order valence-electron chi connectivity index (χ2n) is 25.8. The first-order valence-corrected chi connectivity index (χ1v) is 37.2. The molecule has 0 saturated heterocycles. The van der Waals surface area contributed by atoms with E-state index in [4.69, 9.17) is 37.0 Å². The van der Waals surface area contributed by atoms with Crippen molar-refractivity contribution >= 4 is 39.5 Å². The highest BCUT2D eigenvalue weighted by Gasteiger charge is 2.30. The first-order chi connectivity index (χ1) is 40.6. The van der Waals surface area contributed by atoms with Gasteiger partial charge in [-0.05, 0) is 49.4 Å². The van der Waals surface area contributed by atoms with Crippen LogP contribution < -0.4 is 0 Å². The van der Waals surface area contributed by atoms with Crippen LogP contribution in [0, 0.1) is 23.7 Å². The maximum Gasteiger partial charge on any atom is 0.472 e. The number of ether oxygens (including phenoxy) is 4. The van der Waals surface area contributed by atoms with Crippen LogP contribution in [0.4, 0.5) is 0 Å². The van der Waals surface area contributed by atoms with E-state index in [0.29, 0.717) is 37.5 Å². The van der Waals surface area contributed by atoms with Crippen LogP contribution in [-0.2, 0) is 65.4 Å². The lowest BCUT2D eigenvalue weighted by Crippen LogP contribution is -2.30. The Morgan fingerprint density at radius 3 is 0.729 bits per heavy atom. The van der Waals surface area contributed by atoms with E-state index in [-0.39, 0.29) is 25.7 Å². The number of unbranched alkanes of at least 4 members (excludes halogenated alkanes) is 29. The van der Waals surface area contributed by atoms with Gasteiger partial charge in [0.15, 0.2) is 12.2 Å². The molecule has 0 heterocycles. The fourth-order valence-corrected chi connectivity index (χ4v) is 11.4. The highest BCUT2D eigenvalue weighted by molar-refractivity contribution is 7.47. The van der Waals surface area contributed by atoms with E-state index in [2.05, 4.69) is 55.4 Å². The third-order valence-corrected chi connectivity index (χ3v) is 17.0. The molecule has 5 atom stereocenters.